The van der Waals surface area contributed by atoms with E-state index in [2.05, 4.69) is 46.7 Å². The van der Waals surface area contributed by atoms with Crippen molar-refractivity contribution < 1.29 is 4.79 Å². The van der Waals surface area contributed by atoms with Gasteiger partial charge < -0.3 is 11.1 Å². The number of nitrogens with zero attached hydrogens (tertiary/aromatic N) is 4. The first-order valence-electron chi connectivity index (χ1n) is 9.43. The number of carbonyl (C=O) groups is 1. The molecular formula is C21H27ClN6O. The summed E-state index contributed by atoms with van der Waals surface area (Å²) < 4.78 is 0. The van der Waals surface area contributed by atoms with Crippen molar-refractivity contribution in [1.82, 2.24) is 25.5 Å². The maximum absolute atomic E-state index is 12.5. The first-order valence-corrected chi connectivity index (χ1v) is 9.43. The van der Waals surface area contributed by atoms with Crippen molar-refractivity contribution in [2.75, 3.05) is 6.54 Å². The Labute approximate surface area is 177 Å². The highest BCUT2D eigenvalue weighted by Gasteiger charge is 2.19. The molecule has 0 aliphatic heterocycles. The lowest BCUT2D eigenvalue weighted by molar-refractivity contribution is -0.124. The number of nitrogens with one attached hydrogen (secondary N) is 1. The van der Waals surface area contributed by atoms with Gasteiger partial charge in [-0.25, -0.2) is 0 Å². The Bertz CT molecular complexity index is 910. The van der Waals surface area contributed by atoms with Gasteiger partial charge in [-0.05, 0) is 29.2 Å². The van der Waals surface area contributed by atoms with Crippen molar-refractivity contribution in [3.63, 3.8) is 0 Å². The molecule has 2 unspecified atom stereocenters. The fourth-order valence-electron chi connectivity index (χ4n) is 2.80. The molecule has 0 spiro atoms. The molecule has 154 valence electrons. The predicted molar refractivity (Wildman–Crippen MR) is 116 cm³/mol. The van der Waals surface area contributed by atoms with Crippen LogP contribution in [0.1, 0.15) is 49.9 Å². The molecule has 3 N–H and O–H groups in total. The SMILES string of the molecule is CC(C)c1ccc(C(N)CNC(=O)C(C)n2nnc(-c3ccccc3)n2)cc1.Cl. The number of carbonyl (C=O) groups excluding carboxylic acids is 1. The summed E-state index contributed by atoms with van der Waals surface area (Å²) in [6, 6.07) is 16.9. The minimum Gasteiger partial charge on any atom is -0.352 e. The molecule has 0 saturated heterocycles. The smallest absolute Gasteiger partial charge is 0.246 e. The van der Waals surface area contributed by atoms with Crippen molar-refractivity contribution in [2.45, 2.75) is 38.8 Å². The van der Waals surface area contributed by atoms with Crippen molar-refractivity contribution >= 4 is 18.3 Å². The average Bonchev–Trinajstić information content (AvgIpc) is 3.22. The van der Waals surface area contributed by atoms with E-state index in [0.29, 0.717) is 18.3 Å². The quantitative estimate of drug-likeness (QED) is 0.618. The molecule has 0 saturated carbocycles. The monoisotopic (exact) mass is 414 g/mol. The van der Waals surface area contributed by atoms with Crippen LogP contribution in [-0.4, -0.2) is 32.7 Å². The van der Waals surface area contributed by atoms with Crippen LogP contribution in [0, 0.1) is 0 Å². The molecule has 0 bridgehead atoms. The van der Waals surface area contributed by atoms with Crippen molar-refractivity contribution in [1.29, 1.82) is 0 Å². The number of amides is 1. The molecule has 2 atom stereocenters. The zero-order chi connectivity index (χ0) is 20.1. The summed E-state index contributed by atoms with van der Waals surface area (Å²) >= 11 is 0. The van der Waals surface area contributed by atoms with E-state index in [1.807, 2.05) is 42.5 Å². The van der Waals surface area contributed by atoms with E-state index in [4.69, 9.17) is 5.73 Å². The van der Waals surface area contributed by atoms with E-state index < -0.39 is 6.04 Å². The van der Waals surface area contributed by atoms with Crippen LogP contribution in [0.2, 0.25) is 0 Å². The Morgan fingerprint density at radius 1 is 1.03 bits per heavy atom. The lowest BCUT2D eigenvalue weighted by Gasteiger charge is -2.16. The van der Waals surface area contributed by atoms with Gasteiger partial charge in [0, 0.05) is 18.2 Å². The zero-order valence-corrected chi connectivity index (χ0v) is 17.6. The lowest BCUT2D eigenvalue weighted by Crippen LogP contribution is -2.36. The second-order valence-electron chi connectivity index (χ2n) is 7.15. The maximum Gasteiger partial charge on any atom is 0.246 e. The van der Waals surface area contributed by atoms with Crippen LogP contribution in [0.5, 0.6) is 0 Å². The van der Waals surface area contributed by atoms with Crippen molar-refractivity contribution in [3.8, 4) is 11.4 Å². The third-order valence-corrected chi connectivity index (χ3v) is 4.71. The third-order valence-electron chi connectivity index (χ3n) is 4.71. The molecule has 0 aliphatic carbocycles. The minimum atomic E-state index is -0.583. The summed E-state index contributed by atoms with van der Waals surface area (Å²) in [5, 5.41) is 15.2. The van der Waals surface area contributed by atoms with E-state index in [1.54, 1.807) is 6.92 Å². The van der Waals surface area contributed by atoms with Gasteiger partial charge in [0.05, 0.1) is 0 Å². The Morgan fingerprint density at radius 3 is 2.28 bits per heavy atom. The second-order valence-corrected chi connectivity index (χ2v) is 7.15. The summed E-state index contributed by atoms with van der Waals surface area (Å²) in [4.78, 5) is 13.8. The molecule has 0 aliphatic rings. The molecule has 0 radical (unpaired) electrons. The van der Waals surface area contributed by atoms with Gasteiger partial charge in [-0.2, -0.15) is 4.80 Å². The topological polar surface area (TPSA) is 98.7 Å². The van der Waals surface area contributed by atoms with E-state index in [-0.39, 0.29) is 24.4 Å². The van der Waals surface area contributed by atoms with Gasteiger partial charge in [0.25, 0.3) is 0 Å². The molecule has 2 aromatic carbocycles. The molecule has 3 aromatic rings. The van der Waals surface area contributed by atoms with Gasteiger partial charge in [-0.15, -0.1) is 22.6 Å². The van der Waals surface area contributed by atoms with Gasteiger partial charge >= 0.3 is 0 Å². The molecule has 8 heteroatoms. The van der Waals surface area contributed by atoms with Crippen molar-refractivity contribution in [2.24, 2.45) is 5.73 Å². The number of tetrazole rings is 1. The Hall–Kier alpha value is -2.77. The number of rotatable bonds is 7. The Kier molecular flexibility index (Phi) is 7.87. The highest BCUT2D eigenvalue weighted by atomic mass is 35.5. The Morgan fingerprint density at radius 2 is 1.66 bits per heavy atom. The summed E-state index contributed by atoms with van der Waals surface area (Å²) in [5.41, 5.74) is 9.33. The summed E-state index contributed by atoms with van der Waals surface area (Å²) in [6.45, 7) is 6.37. The number of aromatic nitrogens is 4. The fraction of sp³-hybridized carbons (Fsp3) is 0.333. The summed E-state index contributed by atoms with van der Waals surface area (Å²) in [6.07, 6.45) is 0. The molecule has 7 nitrogen and oxygen atoms in total. The molecule has 1 heterocycles. The normalized spacial score (nSPS) is 12.9. The van der Waals surface area contributed by atoms with E-state index in [0.717, 1.165) is 11.1 Å². The predicted octanol–water partition coefficient (Wildman–Crippen LogP) is 3.26. The van der Waals surface area contributed by atoms with E-state index in [9.17, 15) is 4.79 Å². The molecule has 0 fully saturated rings. The minimum absolute atomic E-state index is 0. The first kappa shape index (κ1) is 22.5. The van der Waals surface area contributed by atoms with Gasteiger partial charge in [-0.1, -0.05) is 68.4 Å². The van der Waals surface area contributed by atoms with Crippen LogP contribution in [0.15, 0.2) is 54.6 Å². The van der Waals surface area contributed by atoms with Crippen LogP contribution in [-0.2, 0) is 4.79 Å². The highest BCUT2D eigenvalue weighted by Crippen LogP contribution is 2.18. The van der Waals surface area contributed by atoms with Crippen LogP contribution in [0.25, 0.3) is 11.4 Å². The molecule has 3 rings (SSSR count). The fourth-order valence-corrected chi connectivity index (χ4v) is 2.80. The number of hydrogen-bond donors (Lipinski definition) is 2. The maximum atomic E-state index is 12.5. The zero-order valence-electron chi connectivity index (χ0n) is 16.8. The van der Waals surface area contributed by atoms with Crippen LogP contribution in [0.3, 0.4) is 0 Å². The molecule has 29 heavy (non-hydrogen) atoms. The van der Waals surface area contributed by atoms with Gasteiger partial charge in [0.1, 0.15) is 6.04 Å². The summed E-state index contributed by atoms with van der Waals surface area (Å²) in [5.74, 6) is 0.759. The Balaban J connectivity index is 0.00000300. The molecule has 1 aromatic heterocycles. The van der Waals surface area contributed by atoms with Crippen LogP contribution < -0.4 is 11.1 Å². The number of benzene rings is 2. The van der Waals surface area contributed by atoms with Crippen molar-refractivity contribution in [3.05, 3.63) is 65.7 Å². The van der Waals surface area contributed by atoms with Crippen LogP contribution >= 0.6 is 12.4 Å². The number of hydrogen-bond acceptors (Lipinski definition) is 5. The molecular weight excluding hydrogens is 388 g/mol. The van der Waals surface area contributed by atoms with Crippen LogP contribution in [0.4, 0.5) is 0 Å². The first-order chi connectivity index (χ1) is 13.5. The van der Waals surface area contributed by atoms with E-state index >= 15 is 0 Å². The number of halogens is 1. The van der Waals surface area contributed by atoms with Gasteiger partial charge in [-0.3, -0.25) is 4.79 Å². The van der Waals surface area contributed by atoms with E-state index in [1.165, 1.54) is 10.4 Å². The summed E-state index contributed by atoms with van der Waals surface area (Å²) in [7, 11) is 0. The van der Waals surface area contributed by atoms with Gasteiger partial charge in [0.15, 0.2) is 0 Å². The standard InChI is InChI=1S/C21H26N6O.ClH/c1-14(2)16-9-11-17(12-10-16)19(22)13-23-21(28)15(3)27-25-20(24-26-27)18-7-5-4-6-8-18;/h4-12,14-15,19H,13,22H2,1-3H3,(H,23,28);1H. The number of nitrogens with two attached hydrogens (primary N) is 1. The van der Waals surface area contributed by atoms with Gasteiger partial charge in [0.2, 0.25) is 11.7 Å². The highest BCUT2D eigenvalue weighted by molar-refractivity contribution is 5.85. The second kappa shape index (κ2) is 10.1. The molecule has 1 amide bonds. The largest absolute Gasteiger partial charge is 0.352 e. The third kappa shape index (κ3) is 5.62. The average molecular weight is 415 g/mol. The lowest BCUT2D eigenvalue weighted by atomic mass is 9.99.